The van der Waals surface area contributed by atoms with Crippen molar-refractivity contribution in [2.45, 2.75) is 13.1 Å². The summed E-state index contributed by atoms with van der Waals surface area (Å²) in [7, 11) is -3.17. The van der Waals surface area contributed by atoms with Crippen molar-refractivity contribution in [1.82, 2.24) is 28.7 Å². The van der Waals surface area contributed by atoms with Crippen LogP contribution in [0.1, 0.15) is 16.3 Å². The number of imidazole rings is 1. The van der Waals surface area contributed by atoms with Crippen molar-refractivity contribution in [2.75, 3.05) is 69.1 Å². The van der Waals surface area contributed by atoms with Gasteiger partial charge in [0.1, 0.15) is 0 Å². The van der Waals surface area contributed by atoms with Gasteiger partial charge < -0.3 is 14.2 Å². The summed E-state index contributed by atoms with van der Waals surface area (Å²) in [4.78, 5) is 20.2. The summed E-state index contributed by atoms with van der Waals surface area (Å²) in [6.45, 7) is 6.40. The van der Waals surface area contributed by atoms with Crippen LogP contribution >= 0.6 is 22.9 Å². The summed E-state index contributed by atoms with van der Waals surface area (Å²) in [6, 6.07) is 17.9. The van der Waals surface area contributed by atoms with Gasteiger partial charge in [-0.15, -0.1) is 11.3 Å². The highest BCUT2D eigenvalue weighted by molar-refractivity contribution is 7.88. The van der Waals surface area contributed by atoms with Crippen molar-refractivity contribution in [1.29, 1.82) is 0 Å². The Morgan fingerprint density at radius 2 is 1.72 bits per heavy atom. The summed E-state index contributed by atoms with van der Waals surface area (Å²) in [5, 5.41) is 5.23. The molecule has 2 fully saturated rings. The Bertz CT molecular complexity index is 2000. The zero-order valence-corrected chi connectivity index (χ0v) is 27.7. The van der Waals surface area contributed by atoms with Gasteiger partial charge in [0.25, 0.3) is 0 Å². The normalized spacial score (nSPS) is 17.0. The summed E-state index contributed by atoms with van der Waals surface area (Å²) < 4.78 is 34.1. The monoisotopic (exact) mass is 679 g/mol. The lowest BCUT2D eigenvalue weighted by Gasteiger charge is -2.32. The Hall–Kier alpha value is -3.66. The molecule has 7 rings (SSSR count). The van der Waals surface area contributed by atoms with E-state index in [0.717, 1.165) is 57.1 Å². The molecule has 0 saturated carbocycles. The van der Waals surface area contributed by atoms with Crippen LogP contribution in [0.25, 0.3) is 21.3 Å². The van der Waals surface area contributed by atoms with Crippen molar-refractivity contribution in [3.63, 3.8) is 0 Å². The fraction of sp³-hybridized carbons (Fsp3) is 0.355. The molecule has 15 heteroatoms. The maximum absolute atomic E-state index is 11.9. The SMILES string of the molecule is CS(=O)(=O)N1CCN(Cc2cc3nc(N/N=C/c4nc5ccccc5n4Cc4ccccc4Cl)nc(N4CCOCC4)c3s2)CC1. The number of thiophene rings is 1. The molecule has 12 nitrogen and oxygen atoms in total. The lowest BCUT2D eigenvalue weighted by atomic mass is 10.2. The quantitative estimate of drug-likeness (QED) is 0.181. The number of ether oxygens (including phenoxy) is 1. The second kappa shape index (κ2) is 13.2. The molecule has 2 saturated heterocycles. The summed E-state index contributed by atoms with van der Waals surface area (Å²) in [5.41, 5.74) is 6.75. The largest absolute Gasteiger partial charge is 0.378 e. The van der Waals surface area contributed by atoms with Crippen LogP contribution < -0.4 is 10.3 Å². The zero-order chi connectivity index (χ0) is 31.7. The number of fused-ring (bicyclic) bond motifs is 2. The van der Waals surface area contributed by atoms with Crippen molar-refractivity contribution in [3.8, 4) is 0 Å². The average Bonchev–Trinajstić information content (AvgIpc) is 3.62. The van der Waals surface area contributed by atoms with E-state index in [1.165, 1.54) is 6.26 Å². The fourth-order valence-corrected chi connectivity index (χ4v) is 8.00. The number of morpholine rings is 1. The van der Waals surface area contributed by atoms with Crippen LogP contribution in [0, 0.1) is 0 Å². The first-order chi connectivity index (χ1) is 22.3. The van der Waals surface area contributed by atoms with E-state index in [1.54, 1.807) is 21.9 Å². The molecule has 0 atom stereocenters. The van der Waals surface area contributed by atoms with E-state index in [1.807, 2.05) is 48.5 Å². The van der Waals surface area contributed by atoms with Gasteiger partial charge in [-0.3, -0.25) is 4.90 Å². The highest BCUT2D eigenvalue weighted by Gasteiger charge is 2.25. The number of halogens is 1. The Labute approximate surface area is 276 Å². The van der Waals surface area contributed by atoms with E-state index < -0.39 is 10.0 Å². The number of sulfonamides is 1. The van der Waals surface area contributed by atoms with Crippen LogP contribution in [0.2, 0.25) is 5.02 Å². The van der Waals surface area contributed by atoms with Crippen LogP contribution in [-0.4, -0.2) is 102 Å². The third-order valence-electron chi connectivity index (χ3n) is 8.21. The fourth-order valence-electron chi connectivity index (χ4n) is 5.82. The molecule has 1 N–H and O–H groups in total. The molecule has 46 heavy (non-hydrogen) atoms. The van der Waals surface area contributed by atoms with E-state index >= 15 is 0 Å². The van der Waals surface area contributed by atoms with Crippen molar-refractivity contribution < 1.29 is 13.2 Å². The van der Waals surface area contributed by atoms with Gasteiger partial charge in [0, 0.05) is 55.7 Å². The minimum atomic E-state index is -3.17. The van der Waals surface area contributed by atoms with Gasteiger partial charge >= 0.3 is 0 Å². The van der Waals surface area contributed by atoms with Crippen molar-refractivity contribution in [3.05, 3.63) is 75.9 Å². The van der Waals surface area contributed by atoms with Crippen LogP contribution in [0.4, 0.5) is 11.8 Å². The molecule has 0 unspecified atom stereocenters. The number of anilines is 2. The molecule has 240 valence electrons. The molecule has 2 aliphatic rings. The third-order valence-corrected chi connectivity index (χ3v) is 11.0. The van der Waals surface area contributed by atoms with Crippen LogP contribution in [0.15, 0.2) is 59.7 Å². The maximum Gasteiger partial charge on any atom is 0.246 e. The maximum atomic E-state index is 11.9. The van der Waals surface area contributed by atoms with E-state index in [0.29, 0.717) is 62.7 Å². The number of hydrogen-bond acceptors (Lipinski definition) is 11. The second-order valence-corrected chi connectivity index (χ2v) is 14.9. The number of nitrogens with zero attached hydrogens (tertiary/aromatic N) is 8. The summed E-state index contributed by atoms with van der Waals surface area (Å²) in [6.07, 6.45) is 2.96. The Morgan fingerprint density at radius 1 is 0.957 bits per heavy atom. The minimum absolute atomic E-state index is 0.394. The van der Waals surface area contributed by atoms with Gasteiger partial charge in [-0.1, -0.05) is 41.9 Å². The molecule has 5 aromatic rings. The average molecular weight is 680 g/mol. The molecule has 0 aliphatic carbocycles. The molecule has 0 radical (unpaired) electrons. The highest BCUT2D eigenvalue weighted by Crippen LogP contribution is 2.34. The van der Waals surface area contributed by atoms with E-state index in [2.05, 4.69) is 31.0 Å². The van der Waals surface area contributed by atoms with Crippen molar-refractivity contribution >= 4 is 72.2 Å². The number of hydrogen-bond donors (Lipinski definition) is 1. The van der Waals surface area contributed by atoms with Gasteiger partial charge in [-0.25, -0.2) is 23.8 Å². The molecule has 0 spiro atoms. The number of rotatable bonds is 9. The summed E-state index contributed by atoms with van der Waals surface area (Å²) >= 11 is 8.18. The van der Waals surface area contributed by atoms with Crippen molar-refractivity contribution in [2.24, 2.45) is 5.10 Å². The van der Waals surface area contributed by atoms with Gasteiger partial charge in [-0.05, 0) is 29.8 Å². The van der Waals surface area contributed by atoms with E-state index in [-0.39, 0.29) is 0 Å². The standard InChI is InChI=1S/C31H34ClN9O3S2/c1-46(42,43)40-12-10-38(11-13-40)21-23-18-26-29(45-23)30(39-14-16-44-17-15-39)36-31(35-26)37-33-19-28-34-25-8-4-5-9-27(25)41(28)20-22-6-2-3-7-24(22)32/h2-9,18-19H,10-17,20-21H2,1H3,(H,35,36,37)/b33-19+. The van der Waals surface area contributed by atoms with Crippen LogP contribution in [-0.2, 0) is 27.8 Å². The summed E-state index contributed by atoms with van der Waals surface area (Å²) in [5.74, 6) is 1.93. The molecule has 2 aliphatic heterocycles. The molecule has 0 bridgehead atoms. The molecular formula is C31H34ClN9O3S2. The second-order valence-electron chi connectivity index (χ2n) is 11.3. The molecule has 0 amide bonds. The smallest absolute Gasteiger partial charge is 0.246 e. The Balaban J connectivity index is 1.15. The van der Waals surface area contributed by atoms with E-state index in [9.17, 15) is 8.42 Å². The number of aromatic nitrogens is 4. The van der Waals surface area contributed by atoms with E-state index in [4.69, 9.17) is 31.3 Å². The third kappa shape index (κ3) is 6.73. The van der Waals surface area contributed by atoms with Gasteiger partial charge in [0.2, 0.25) is 16.0 Å². The number of para-hydroxylation sites is 2. The molecular weight excluding hydrogens is 646 g/mol. The minimum Gasteiger partial charge on any atom is -0.378 e. The Kier molecular flexibility index (Phi) is 8.90. The first-order valence-electron chi connectivity index (χ1n) is 15.1. The van der Waals surface area contributed by atoms with Gasteiger partial charge in [-0.2, -0.15) is 14.4 Å². The van der Waals surface area contributed by atoms with Crippen LogP contribution in [0.5, 0.6) is 0 Å². The van der Waals surface area contributed by atoms with Gasteiger partial charge in [0.15, 0.2) is 11.6 Å². The predicted octanol–water partition coefficient (Wildman–Crippen LogP) is 4.10. The highest BCUT2D eigenvalue weighted by atomic mass is 35.5. The first kappa shape index (κ1) is 31.0. The number of piperazine rings is 1. The molecule has 5 heterocycles. The number of benzene rings is 2. The number of hydrazone groups is 1. The molecule has 2 aromatic carbocycles. The molecule has 3 aromatic heterocycles. The van der Waals surface area contributed by atoms with Crippen LogP contribution in [0.3, 0.4) is 0 Å². The topological polar surface area (TPSA) is 121 Å². The zero-order valence-electron chi connectivity index (χ0n) is 25.3. The predicted molar refractivity (Wildman–Crippen MR) is 184 cm³/mol. The Morgan fingerprint density at radius 3 is 2.50 bits per heavy atom. The number of nitrogens with one attached hydrogen (secondary N) is 1. The lowest BCUT2D eigenvalue weighted by Crippen LogP contribution is -2.47. The van der Waals surface area contributed by atoms with Gasteiger partial charge in [0.05, 0.1) is 53.5 Å². The lowest BCUT2D eigenvalue weighted by molar-refractivity contribution is 0.122. The first-order valence-corrected chi connectivity index (χ1v) is 18.1.